The highest BCUT2D eigenvalue weighted by Crippen LogP contribution is 2.06. The minimum absolute atomic E-state index is 0.657. The molecule has 0 aromatic heterocycles. The van der Waals surface area contributed by atoms with Crippen LogP contribution in [-0.2, 0) is 0 Å². The first-order valence-corrected chi connectivity index (χ1v) is 7.18. The van der Waals surface area contributed by atoms with Crippen LogP contribution in [0.2, 0.25) is 0 Å². The minimum atomic E-state index is 0.657. The van der Waals surface area contributed by atoms with E-state index in [4.69, 9.17) is 0 Å². The Labute approximate surface area is 103 Å². The molecule has 0 heterocycles. The van der Waals surface area contributed by atoms with Gasteiger partial charge in [-0.15, -0.1) is 6.58 Å². The average molecular weight is 225 g/mol. The van der Waals surface area contributed by atoms with Gasteiger partial charge in [-0.1, -0.05) is 58.4 Å². The van der Waals surface area contributed by atoms with Crippen molar-refractivity contribution in [1.29, 1.82) is 0 Å². The van der Waals surface area contributed by atoms with Crippen LogP contribution in [0.5, 0.6) is 0 Å². The third kappa shape index (κ3) is 10.2. The maximum absolute atomic E-state index is 3.85. The van der Waals surface area contributed by atoms with Crippen LogP contribution < -0.4 is 5.32 Å². The van der Waals surface area contributed by atoms with Crippen molar-refractivity contribution in [3.8, 4) is 0 Å². The number of nitrogens with one attached hydrogen (secondary N) is 1. The lowest BCUT2D eigenvalue weighted by atomic mass is 10.1. The molecule has 0 bridgehead atoms. The molecular formula is C15H31N. The first-order valence-electron chi connectivity index (χ1n) is 7.18. The summed E-state index contributed by atoms with van der Waals surface area (Å²) in [6, 6.07) is 0. The molecule has 1 N–H and O–H groups in total. The summed E-state index contributed by atoms with van der Waals surface area (Å²) in [5.74, 6) is 0.657. The molecule has 1 atom stereocenters. The van der Waals surface area contributed by atoms with Crippen molar-refractivity contribution in [1.82, 2.24) is 5.32 Å². The topological polar surface area (TPSA) is 12.0 Å². The fourth-order valence-electron chi connectivity index (χ4n) is 1.89. The van der Waals surface area contributed by atoms with E-state index in [1.165, 1.54) is 57.9 Å². The molecule has 0 amide bonds. The van der Waals surface area contributed by atoms with Gasteiger partial charge in [0.1, 0.15) is 0 Å². The zero-order chi connectivity index (χ0) is 12.1. The van der Waals surface area contributed by atoms with Crippen molar-refractivity contribution in [2.75, 3.05) is 13.1 Å². The van der Waals surface area contributed by atoms with Gasteiger partial charge in [0.2, 0.25) is 0 Å². The van der Waals surface area contributed by atoms with Gasteiger partial charge in [0.25, 0.3) is 0 Å². The van der Waals surface area contributed by atoms with Crippen LogP contribution in [-0.4, -0.2) is 13.1 Å². The lowest BCUT2D eigenvalue weighted by Gasteiger charge is -2.10. The van der Waals surface area contributed by atoms with Crippen molar-refractivity contribution in [3.05, 3.63) is 12.7 Å². The van der Waals surface area contributed by atoms with Gasteiger partial charge in [0.15, 0.2) is 0 Å². The molecule has 0 saturated heterocycles. The molecule has 0 aliphatic rings. The van der Waals surface area contributed by atoms with Gasteiger partial charge in [-0.3, -0.25) is 0 Å². The molecule has 0 saturated carbocycles. The fraction of sp³-hybridized carbons (Fsp3) is 0.867. The van der Waals surface area contributed by atoms with Crippen molar-refractivity contribution in [3.63, 3.8) is 0 Å². The van der Waals surface area contributed by atoms with Crippen molar-refractivity contribution in [2.24, 2.45) is 5.92 Å². The Balaban J connectivity index is 3.06. The molecule has 96 valence electrons. The van der Waals surface area contributed by atoms with Gasteiger partial charge in [0.05, 0.1) is 0 Å². The summed E-state index contributed by atoms with van der Waals surface area (Å²) in [7, 11) is 0. The highest BCUT2D eigenvalue weighted by molar-refractivity contribution is 4.79. The SMILES string of the molecule is C=CC(CC)CNCCCCCCCCC. The van der Waals surface area contributed by atoms with Gasteiger partial charge >= 0.3 is 0 Å². The van der Waals surface area contributed by atoms with Crippen molar-refractivity contribution < 1.29 is 0 Å². The number of unbranched alkanes of at least 4 members (excludes halogenated alkanes) is 6. The molecular weight excluding hydrogens is 194 g/mol. The van der Waals surface area contributed by atoms with Gasteiger partial charge < -0.3 is 5.32 Å². The van der Waals surface area contributed by atoms with Crippen molar-refractivity contribution in [2.45, 2.75) is 65.2 Å². The Kier molecular flexibility index (Phi) is 12.5. The highest BCUT2D eigenvalue weighted by Gasteiger charge is 1.98. The molecule has 0 aliphatic carbocycles. The fourth-order valence-corrected chi connectivity index (χ4v) is 1.89. The van der Waals surface area contributed by atoms with Crippen molar-refractivity contribution >= 4 is 0 Å². The summed E-state index contributed by atoms with van der Waals surface area (Å²) >= 11 is 0. The molecule has 0 aromatic carbocycles. The molecule has 1 unspecified atom stereocenters. The zero-order valence-corrected chi connectivity index (χ0v) is 11.4. The molecule has 0 fully saturated rings. The summed E-state index contributed by atoms with van der Waals surface area (Å²) in [6.07, 6.45) is 13.0. The Morgan fingerprint density at radius 1 is 1.00 bits per heavy atom. The molecule has 0 spiro atoms. The van der Waals surface area contributed by atoms with Crippen LogP contribution in [0, 0.1) is 5.92 Å². The summed E-state index contributed by atoms with van der Waals surface area (Å²) in [5.41, 5.74) is 0. The maximum atomic E-state index is 3.85. The minimum Gasteiger partial charge on any atom is -0.316 e. The average Bonchev–Trinajstić information content (AvgIpc) is 2.32. The second kappa shape index (κ2) is 12.8. The largest absolute Gasteiger partial charge is 0.316 e. The third-order valence-electron chi connectivity index (χ3n) is 3.22. The summed E-state index contributed by atoms with van der Waals surface area (Å²) in [5, 5.41) is 3.52. The second-order valence-electron chi connectivity index (χ2n) is 4.73. The normalized spacial score (nSPS) is 12.6. The number of hydrogen-bond donors (Lipinski definition) is 1. The summed E-state index contributed by atoms with van der Waals surface area (Å²) < 4.78 is 0. The highest BCUT2D eigenvalue weighted by atomic mass is 14.8. The van der Waals surface area contributed by atoms with Crippen LogP contribution in [0.4, 0.5) is 0 Å². The van der Waals surface area contributed by atoms with Gasteiger partial charge in [0, 0.05) is 6.54 Å². The summed E-state index contributed by atoms with van der Waals surface area (Å²) in [4.78, 5) is 0. The van der Waals surface area contributed by atoms with E-state index in [0.29, 0.717) is 5.92 Å². The van der Waals surface area contributed by atoms with Gasteiger partial charge in [-0.05, 0) is 25.3 Å². The van der Waals surface area contributed by atoms with E-state index >= 15 is 0 Å². The second-order valence-corrected chi connectivity index (χ2v) is 4.73. The number of rotatable bonds is 12. The Bertz CT molecular complexity index is 142. The molecule has 0 aromatic rings. The zero-order valence-electron chi connectivity index (χ0n) is 11.4. The molecule has 1 nitrogen and oxygen atoms in total. The van der Waals surface area contributed by atoms with E-state index < -0.39 is 0 Å². The predicted octanol–water partition coefficient (Wildman–Crippen LogP) is 4.54. The smallest absolute Gasteiger partial charge is 0.00140 e. The molecule has 0 aliphatic heterocycles. The Morgan fingerprint density at radius 2 is 1.62 bits per heavy atom. The molecule has 0 rings (SSSR count). The third-order valence-corrected chi connectivity index (χ3v) is 3.22. The first-order chi connectivity index (χ1) is 7.85. The van der Waals surface area contributed by atoms with Gasteiger partial charge in [-0.2, -0.15) is 0 Å². The Morgan fingerprint density at radius 3 is 2.19 bits per heavy atom. The maximum Gasteiger partial charge on any atom is 0.00140 e. The Hall–Kier alpha value is -0.300. The molecule has 1 heteroatoms. The standard InChI is InChI=1S/C15H31N/c1-4-7-8-9-10-11-12-13-16-14-15(5-2)6-3/h5,15-16H,2,4,6-14H2,1,3H3. The number of hydrogen-bond acceptors (Lipinski definition) is 1. The predicted molar refractivity (Wildman–Crippen MR) is 74.8 cm³/mol. The van der Waals surface area contributed by atoms with Crippen LogP contribution in [0.25, 0.3) is 0 Å². The van der Waals surface area contributed by atoms with E-state index in [9.17, 15) is 0 Å². The lowest BCUT2D eigenvalue weighted by molar-refractivity contribution is 0.516. The van der Waals surface area contributed by atoms with E-state index in [-0.39, 0.29) is 0 Å². The van der Waals surface area contributed by atoms with Crippen LogP contribution in [0.3, 0.4) is 0 Å². The van der Waals surface area contributed by atoms with E-state index in [0.717, 1.165) is 6.54 Å². The van der Waals surface area contributed by atoms with E-state index in [2.05, 4.69) is 31.8 Å². The quantitative estimate of drug-likeness (QED) is 0.380. The molecule has 16 heavy (non-hydrogen) atoms. The van der Waals surface area contributed by atoms with Crippen LogP contribution in [0.15, 0.2) is 12.7 Å². The van der Waals surface area contributed by atoms with E-state index in [1.807, 2.05) is 0 Å². The lowest BCUT2D eigenvalue weighted by Crippen LogP contribution is -2.22. The van der Waals surface area contributed by atoms with Gasteiger partial charge in [-0.25, -0.2) is 0 Å². The van der Waals surface area contributed by atoms with Crippen LogP contribution >= 0.6 is 0 Å². The first kappa shape index (κ1) is 15.7. The summed E-state index contributed by atoms with van der Waals surface area (Å²) in [6.45, 7) is 10.6. The molecule has 0 radical (unpaired) electrons. The monoisotopic (exact) mass is 225 g/mol. The van der Waals surface area contributed by atoms with E-state index in [1.54, 1.807) is 0 Å². The van der Waals surface area contributed by atoms with Crippen LogP contribution in [0.1, 0.15) is 65.2 Å².